The van der Waals surface area contributed by atoms with Crippen molar-refractivity contribution in [3.8, 4) is 17.4 Å². The van der Waals surface area contributed by atoms with Crippen LogP contribution in [0.3, 0.4) is 0 Å². The van der Waals surface area contributed by atoms with E-state index in [0.717, 1.165) is 36.8 Å². The topological polar surface area (TPSA) is 67.8 Å². The van der Waals surface area contributed by atoms with Gasteiger partial charge in [0.1, 0.15) is 11.5 Å². The van der Waals surface area contributed by atoms with Gasteiger partial charge in [-0.3, -0.25) is 0 Å². The van der Waals surface area contributed by atoms with Crippen LogP contribution in [0.25, 0.3) is 0 Å². The highest BCUT2D eigenvalue weighted by Gasteiger charge is 2.02. The van der Waals surface area contributed by atoms with Gasteiger partial charge in [0, 0.05) is 31.4 Å². The largest absolute Gasteiger partial charge is 0.497 e. The van der Waals surface area contributed by atoms with Gasteiger partial charge in [0.15, 0.2) is 5.96 Å². The Morgan fingerprint density at radius 2 is 1.96 bits per heavy atom. The number of aromatic nitrogens is 1. The Morgan fingerprint density at radius 1 is 1.12 bits per heavy atom. The smallest absolute Gasteiger partial charge is 0.219 e. The van der Waals surface area contributed by atoms with E-state index < -0.39 is 0 Å². The van der Waals surface area contributed by atoms with Gasteiger partial charge < -0.3 is 20.1 Å². The van der Waals surface area contributed by atoms with Crippen molar-refractivity contribution in [3.63, 3.8) is 0 Å². The van der Waals surface area contributed by atoms with Crippen LogP contribution >= 0.6 is 0 Å². The van der Waals surface area contributed by atoms with Gasteiger partial charge in [0.2, 0.25) is 5.88 Å². The summed E-state index contributed by atoms with van der Waals surface area (Å²) < 4.78 is 10.9. The van der Waals surface area contributed by atoms with Crippen LogP contribution in [-0.4, -0.2) is 31.1 Å². The standard InChI is InChI=1S/C19H26N4O2/c1-4-11-21-19(20-5-2)23-14-15-9-10-18(22-13-15)25-17-8-6-7-16(12-17)24-3/h6-10,12-13H,4-5,11,14H2,1-3H3,(H2,20,21,23). The molecule has 2 N–H and O–H groups in total. The number of benzene rings is 1. The van der Waals surface area contributed by atoms with Gasteiger partial charge in [-0.15, -0.1) is 0 Å². The van der Waals surface area contributed by atoms with E-state index in [9.17, 15) is 0 Å². The molecule has 0 saturated carbocycles. The third-order valence-electron chi connectivity index (χ3n) is 3.37. The summed E-state index contributed by atoms with van der Waals surface area (Å²) in [6, 6.07) is 11.2. The van der Waals surface area contributed by atoms with Crippen LogP contribution in [0.15, 0.2) is 47.6 Å². The van der Waals surface area contributed by atoms with E-state index in [1.807, 2.05) is 36.4 Å². The molecule has 0 saturated heterocycles. The van der Waals surface area contributed by atoms with Crippen LogP contribution in [0, 0.1) is 0 Å². The number of hydrogen-bond donors (Lipinski definition) is 2. The fourth-order valence-corrected chi connectivity index (χ4v) is 2.11. The quantitative estimate of drug-likeness (QED) is 0.569. The second-order valence-corrected chi connectivity index (χ2v) is 5.41. The van der Waals surface area contributed by atoms with Crippen molar-refractivity contribution in [2.45, 2.75) is 26.8 Å². The van der Waals surface area contributed by atoms with E-state index >= 15 is 0 Å². The number of nitrogens with zero attached hydrogens (tertiary/aromatic N) is 2. The maximum atomic E-state index is 5.74. The molecule has 0 spiro atoms. The summed E-state index contributed by atoms with van der Waals surface area (Å²) in [5.41, 5.74) is 1.02. The molecule has 0 aliphatic carbocycles. The van der Waals surface area contributed by atoms with E-state index in [2.05, 4.69) is 34.5 Å². The van der Waals surface area contributed by atoms with Gasteiger partial charge in [-0.1, -0.05) is 19.1 Å². The number of nitrogens with one attached hydrogen (secondary N) is 2. The van der Waals surface area contributed by atoms with Crippen LogP contribution in [0.1, 0.15) is 25.8 Å². The molecule has 0 bridgehead atoms. The fraction of sp³-hybridized carbons (Fsp3) is 0.368. The molecule has 0 radical (unpaired) electrons. The van der Waals surface area contributed by atoms with Crippen LogP contribution in [0.2, 0.25) is 0 Å². The molecule has 0 atom stereocenters. The van der Waals surface area contributed by atoms with Crippen LogP contribution in [0.5, 0.6) is 17.4 Å². The summed E-state index contributed by atoms with van der Waals surface area (Å²) in [6.45, 7) is 6.47. The van der Waals surface area contributed by atoms with E-state index in [4.69, 9.17) is 9.47 Å². The van der Waals surface area contributed by atoms with Crippen LogP contribution < -0.4 is 20.1 Å². The zero-order chi connectivity index (χ0) is 17.9. The number of hydrogen-bond acceptors (Lipinski definition) is 4. The molecule has 1 heterocycles. The average molecular weight is 342 g/mol. The Kier molecular flexibility index (Phi) is 7.56. The minimum absolute atomic E-state index is 0.539. The molecule has 6 nitrogen and oxygen atoms in total. The molecular weight excluding hydrogens is 316 g/mol. The first-order chi connectivity index (χ1) is 12.2. The molecular formula is C19H26N4O2. The highest BCUT2D eigenvalue weighted by atomic mass is 16.5. The van der Waals surface area contributed by atoms with Gasteiger partial charge >= 0.3 is 0 Å². The zero-order valence-electron chi connectivity index (χ0n) is 15.1. The van der Waals surface area contributed by atoms with Crippen molar-refractivity contribution in [1.82, 2.24) is 15.6 Å². The van der Waals surface area contributed by atoms with Gasteiger partial charge in [-0.25, -0.2) is 9.98 Å². The molecule has 0 aliphatic rings. The minimum Gasteiger partial charge on any atom is -0.497 e. The summed E-state index contributed by atoms with van der Waals surface area (Å²) in [5, 5.41) is 6.50. The van der Waals surface area contributed by atoms with E-state index in [1.54, 1.807) is 13.3 Å². The van der Waals surface area contributed by atoms with Crippen molar-refractivity contribution >= 4 is 5.96 Å². The third kappa shape index (κ3) is 6.33. The van der Waals surface area contributed by atoms with Crippen molar-refractivity contribution in [3.05, 3.63) is 48.2 Å². The molecule has 1 aromatic carbocycles. The highest BCUT2D eigenvalue weighted by Crippen LogP contribution is 2.23. The molecule has 2 aromatic rings. The molecule has 0 aliphatic heterocycles. The number of rotatable bonds is 8. The van der Waals surface area contributed by atoms with Crippen LogP contribution in [0.4, 0.5) is 0 Å². The summed E-state index contributed by atoms with van der Waals surface area (Å²) in [4.78, 5) is 8.90. The summed E-state index contributed by atoms with van der Waals surface area (Å²) in [6.07, 6.45) is 2.84. The Morgan fingerprint density at radius 3 is 2.64 bits per heavy atom. The molecule has 0 fully saturated rings. The first-order valence-corrected chi connectivity index (χ1v) is 8.54. The zero-order valence-corrected chi connectivity index (χ0v) is 15.1. The van der Waals surface area contributed by atoms with Gasteiger partial charge in [0.05, 0.1) is 13.7 Å². The number of aliphatic imine (C=N–C) groups is 1. The van der Waals surface area contributed by atoms with Crippen molar-refractivity contribution < 1.29 is 9.47 Å². The summed E-state index contributed by atoms with van der Waals surface area (Å²) in [5.74, 6) is 2.80. The average Bonchev–Trinajstić information content (AvgIpc) is 2.65. The number of ether oxygens (including phenoxy) is 2. The maximum Gasteiger partial charge on any atom is 0.219 e. The second kappa shape index (κ2) is 10.2. The van der Waals surface area contributed by atoms with Gasteiger partial charge in [-0.2, -0.15) is 0 Å². The predicted octanol–water partition coefficient (Wildman–Crippen LogP) is 3.35. The lowest BCUT2D eigenvalue weighted by Gasteiger charge is -2.10. The molecule has 1 aromatic heterocycles. The number of guanidine groups is 1. The van der Waals surface area contributed by atoms with Gasteiger partial charge in [0.25, 0.3) is 0 Å². The Bertz CT molecular complexity index is 671. The normalized spacial score (nSPS) is 11.1. The van der Waals surface area contributed by atoms with Crippen LogP contribution in [-0.2, 0) is 6.54 Å². The minimum atomic E-state index is 0.539. The van der Waals surface area contributed by atoms with E-state index in [1.165, 1.54) is 0 Å². The Labute approximate surface area is 149 Å². The predicted molar refractivity (Wildman–Crippen MR) is 100 cm³/mol. The third-order valence-corrected chi connectivity index (χ3v) is 3.37. The molecule has 2 rings (SSSR count). The van der Waals surface area contributed by atoms with Crippen molar-refractivity contribution in [2.75, 3.05) is 20.2 Å². The molecule has 134 valence electrons. The van der Waals surface area contributed by atoms with Crippen molar-refractivity contribution in [1.29, 1.82) is 0 Å². The SMILES string of the molecule is CCCNC(=NCc1ccc(Oc2cccc(OC)c2)nc1)NCC. The number of methoxy groups -OCH3 is 1. The Balaban J connectivity index is 1.96. The molecule has 0 amide bonds. The van der Waals surface area contributed by atoms with E-state index in [-0.39, 0.29) is 0 Å². The number of pyridine rings is 1. The van der Waals surface area contributed by atoms with Crippen molar-refractivity contribution in [2.24, 2.45) is 4.99 Å². The maximum absolute atomic E-state index is 5.74. The highest BCUT2D eigenvalue weighted by molar-refractivity contribution is 5.79. The first-order valence-electron chi connectivity index (χ1n) is 8.54. The first kappa shape index (κ1) is 18.6. The lowest BCUT2D eigenvalue weighted by Crippen LogP contribution is -2.37. The Hall–Kier alpha value is -2.76. The summed E-state index contributed by atoms with van der Waals surface area (Å²) in [7, 11) is 1.63. The van der Waals surface area contributed by atoms with Gasteiger partial charge in [-0.05, 0) is 31.0 Å². The van der Waals surface area contributed by atoms with E-state index in [0.29, 0.717) is 18.2 Å². The summed E-state index contributed by atoms with van der Waals surface area (Å²) >= 11 is 0. The lowest BCUT2D eigenvalue weighted by molar-refractivity contribution is 0.407. The molecule has 6 heteroatoms. The molecule has 0 unspecified atom stereocenters. The fourth-order valence-electron chi connectivity index (χ4n) is 2.11. The lowest BCUT2D eigenvalue weighted by atomic mass is 10.3. The molecule has 25 heavy (non-hydrogen) atoms. The monoisotopic (exact) mass is 342 g/mol. The second-order valence-electron chi connectivity index (χ2n) is 5.41.